The molecule has 0 spiro atoms. The van der Waals surface area contributed by atoms with E-state index in [0.29, 0.717) is 0 Å². The van der Waals surface area contributed by atoms with Gasteiger partial charge in [0.25, 0.3) is 5.91 Å². The number of thiophene rings is 1. The lowest BCUT2D eigenvalue weighted by Crippen LogP contribution is -2.46. The molecule has 118 valence electrons. The van der Waals surface area contributed by atoms with E-state index in [-0.39, 0.29) is 18.3 Å². The van der Waals surface area contributed by atoms with Gasteiger partial charge in [-0.05, 0) is 36.2 Å². The van der Waals surface area contributed by atoms with E-state index in [1.807, 2.05) is 42.2 Å². The molecule has 22 heavy (non-hydrogen) atoms. The molecule has 1 saturated heterocycles. The zero-order chi connectivity index (χ0) is 14.8. The van der Waals surface area contributed by atoms with Gasteiger partial charge >= 0.3 is 0 Å². The molecule has 1 aliphatic heterocycles. The monoisotopic (exact) mass is 356 g/mol. The summed E-state index contributed by atoms with van der Waals surface area (Å²) in [6.45, 7) is 5.35. The highest BCUT2D eigenvalue weighted by molar-refractivity contribution is 7.17. The summed E-state index contributed by atoms with van der Waals surface area (Å²) >= 11 is 7.61. The van der Waals surface area contributed by atoms with E-state index in [2.05, 4.69) is 5.32 Å². The molecule has 3 rings (SSSR count). The second-order valence-corrected chi connectivity index (χ2v) is 6.66. The van der Waals surface area contributed by atoms with Crippen molar-refractivity contribution in [2.75, 3.05) is 26.2 Å². The third-order valence-electron chi connectivity index (χ3n) is 3.62. The Kier molecular flexibility index (Phi) is 5.87. The number of carbonyl (C=O) groups excluding carboxylic acids is 1. The van der Waals surface area contributed by atoms with Gasteiger partial charge in [0.15, 0.2) is 0 Å². The number of nitrogens with zero attached hydrogens (tertiary/aromatic N) is 1. The maximum Gasteiger partial charge on any atom is 0.264 e. The van der Waals surface area contributed by atoms with Crippen molar-refractivity contribution < 1.29 is 4.79 Å². The number of rotatable bonds is 2. The van der Waals surface area contributed by atoms with Crippen LogP contribution in [-0.4, -0.2) is 37.0 Å². The van der Waals surface area contributed by atoms with Crippen LogP contribution in [-0.2, 0) is 0 Å². The van der Waals surface area contributed by atoms with Crippen LogP contribution in [0, 0.1) is 6.92 Å². The average Bonchev–Trinajstić information content (AvgIpc) is 2.89. The first-order chi connectivity index (χ1) is 10.1. The van der Waals surface area contributed by atoms with Crippen LogP contribution >= 0.6 is 35.3 Å². The van der Waals surface area contributed by atoms with Crippen LogP contribution in [0.5, 0.6) is 0 Å². The van der Waals surface area contributed by atoms with Gasteiger partial charge in [0, 0.05) is 36.1 Å². The fourth-order valence-corrected chi connectivity index (χ4v) is 3.85. The highest BCUT2D eigenvalue weighted by Crippen LogP contribution is 2.34. The first-order valence-corrected chi connectivity index (χ1v) is 8.21. The molecule has 1 aromatic heterocycles. The smallest absolute Gasteiger partial charge is 0.264 e. The van der Waals surface area contributed by atoms with Crippen molar-refractivity contribution in [1.82, 2.24) is 10.2 Å². The van der Waals surface area contributed by atoms with Gasteiger partial charge in [-0.3, -0.25) is 4.79 Å². The Morgan fingerprint density at radius 3 is 2.68 bits per heavy atom. The van der Waals surface area contributed by atoms with Crippen molar-refractivity contribution >= 4 is 41.3 Å². The van der Waals surface area contributed by atoms with Crippen LogP contribution in [0.25, 0.3) is 10.4 Å². The summed E-state index contributed by atoms with van der Waals surface area (Å²) in [4.78, 5) is 16.4. The normalized spacial score (nSPS) is 14.5. The molecule has 1 aliphatic rings. The SMILES string of the molecule is Cc1cc(C(=O)N2CCNCC2)sc1-c1cccc(Cl)c1.Cl. The highest BCUT2D eigenvalue weighted by Gasteiger charge is 2.21. The minimum absolute atomic E-state index is 0. The van der Waals surface area contributed by atoms with Crippen molar-refractivity contribution in [3.05, 3.63) is 45.8 Å². The van der Waals surface area contributed by atoms with Crippen molar-refractivity contribution in [2.24, 2.45) is 0 Å². The Balaban J connectivity index is 0.00000176. The Bertz CT molecular complexity index is 666. The van der Waals surface area contributed by atoms with E-state index in [1.165, 1.54) is 0 Å². The lowest BCUT2D eigenvalue weighted by atomic mass is 10.1. The van der Waals surface area contributed by atoms with Gasteiger partial charge in [0.1, 0.15) is 0 Å². The minimum atomic E-state index is 0. The van der Waals surface area contributed by atoms with E-state index in [9.17, 15) is 4.79 Å². The number of aryl methyl sites for hydroxylation is 1. The molecular formula is C16H18Cl2N2OS. The molecule has 2 aromatic rings. The molecule has 1 fully saturated rings. The summed E-state index contributed by atoms with van der Waals surface area (Å²) in [7, 11) is 0. The summed E-state index contributed by atoms with van der Waals surface area (Å²) in [6, 6.07) is 9.77. The average molecular weight is 357 g/mol. The van der Waals surface area contributed by atoms with E-state index in [1.54, 1.807) is 11.3 Å². The standard InChI is InChI=1S/C16H17ClN2OS.ClH/c1-11-9-14(16(20)19-7-5-18-6-8-19)21-15(11)12-3-2-4-13(17)10-12;/h2-4,9-10,18H,5-8H2,1H3;1H. The van der Waals surface area contributed by atoms with Crippen LogP contribution in [0.15, 0.2) is 30.3 Å². The summed E-state index contributed by atoms with van der Waals surface area (Å²) in [6.07, 6.45) is 0. The molecule has 1 amide bonds. The van der Waals surface area contributed by atoms with Gasteiger partial charge in [-0.2, -0.15) is 0 Å². The van der Waals surface area contributed by atoms with Crippen LogP contribution in [0.2, 0.25) is 5.02 Å². The Labute approximate surface area is 145 Å². The van der Waals surface area contributed by atoms with Gasteiger partial charge in [-0.25, -0.2) is 0 Å². The molecule has 0 unspecified atom stereocenters. The molecule has 0 radical (unpaired) electrons. The van der Waals surface area contributed by atoms with Crippen molar-refractivity contribution in [2.45, 2.75) is 6.92 Å². The van der Waals surface area contributed by atoms with Crippen molar-refractivity contribution in [3.63, 3.8) is 0 Å². The summed E-state index contributed by atoms with van der Waals surface area (Å²) in [5, 5.41) is 3.98. The maximum atomic E-state index is 12.5. The Hall–Kier alpha value is -1.07. The topological polar surface area (TPSA) is 32.3 Å². The number of amides is 1. The van der Waals surface area contributed by atoms with Gasteiger partial charge in [0.2, 0.25) is 0 Å². The van der Waals surface area contributed by atoms with E-state index < -0.39 is 0 Å². The van der Waals surface area contributed by atoms with Crippen LogP contribution in [0.1, 0.15) is 15.2 Å². The summed E-state index contributed by atoms with van der Waals surface area (Å²) < 4.78 is 0. The fourth-order valence-electron chi connectivity index (χ4n) is 2.53. The molecule has 3 nitrogen and oxygen atoms in total. The Morgan fingerprint density at radius 1 is 1.27 bits per heavy atom. The lowest BCUT2D eigenvalue weighted by Gasteiger charge is -2.26. The number of piperazine rings is 1. The molecule has 0 saturated carbocycles. The number of hydrogen-bond donors (Lipinski definition) is 1. The van der Waals surface area contributed by atoms with Gasteiger partial charge in [-0.1, -0.05) is 23.7 Å². The lowest BCUT2D eigenvalue weighted by molar-refractivity contribution is 0.0740. The first-order valence-electron chi connectivity index (χ1n) is 7.01. The quantitative estimate of drug-likeness (QED) is 0.886. The molecular weight excluding hydrogens is 339 g/mol. The number of hydrogen-bond acceptors (Lipinski definition) is 3. The molecule has 0 bridgehead atoms. The zero-order valence-electron chi connectivity index (χ0n) is 12.3. The van der Waals surface area contributed by atoms with Crippen LogP contribution in [0.4, 0.5) is 0 Å². The largest absolute Gasteiger partial charge is 0.335 e. The van der Waals surface area contributed by atoms with Crippen molar-refractivity contribution in [1.29, 1.82) is 0 Å². The van der Waals surface area contributed by atoms with E-state index >= 15 is 0 Å². The van der Waals surface area contributed by atoms with E-state index in [0.717, 1.165) is 52.1 Å². The number of carbonyl (C=O) groups is 1. The van der Waals surface area contributed by atoms with E-state index in [4.69, 9.17) is 11.6 Å². The zero-order valence-corrected chi connectivity index (χ0v) is 14.7. The van der Waals surface area contributed by atoms with Gasteiger partial charge in [0.05, 0.1) is 4.88 Å². The summed E-state index contributed by atoms with van der Waals surface area (Å²) in [5.41, 5.74) is 2.20. The van der Waals surface area contributed by atoms with Gasteiger partial charge in [-0.15, -0.1) is 23.7 Å². The third-order valence-corrected chi connectivity index (χ3v) is 5.13. The predicted molar refractivity (Wildman–Crippen MR) is 95.5 cm³/mol. The highest BCUT2D eigenvalue weighted by atomic mass is 35.5. The number of halogens is 2. The van der Waals surface area contributed by atoms with Gasteiger partial charge < -0.3 is 10.2 Å². The molecule has 0 aliphatic carbocycles. The van der Waals surface area contributed by atoms with Crippen LogP contribution in [0.3, 0.4) is 0 Å². The third kappa shape index (κ3) is 3.63. The first kappa shape index (κ1) is 17.3. The predicted octanol–water partition coefficient (Wildman–Crippen LogP) is 3.84. The fraction of sp³-hybridized carbons (Fsp3) is 0.312. The molecule has 1 aromatic carbocycles. The van der Waals surface area contributed by atoms with Crippen LogP contribution < -0.4 is 5.32 Å². The minimum Gasteiger partial charge on any atom is -0.335 e. The molecule has 1 N–H and O–H groups in total. The number of benzene rings is 1. The van der Waals surface area contributed by atoms with Crippen molar-refractivity contribution in [3.8, 4) is 10.4 Å². The second-order valence-electron chi connectivity index (χ2n) is 5.18. The molecule has 6 heteroatoms. The molecule has 2 heterocycles. The Morgan fingerprint density at radius 2 is 2.00 bits per heavy atom. The maximum absolute atomic E-state index is 12.5. The molecule has 0 atom stereocenters. The number of nitrogens with one attached hydrogen (secondary N) is 1. The second kappa shape index (κ2) is 7.47. The summed E-state index contributed by atoms with van der Waals surface area (Å²) in [5.74, 6) is 0.137.